The van der Waals surface area contributed by atoms with Crippen molar-refractivity contribution in [2.75, 3.05) is 17.8 Å². The number of hydrogen-bond acceptors (Lipinski definition) is 8. The monoisotopic (exact) mass is 354 g/mol. The molecule has 0 aliphatic carbocycles. The highest BCUT2D eigenvalue weighted by Crippen LogP contribution is 2.41. The molecule has 2 atom stereocenters. The van der Waals surface area contributed by atoms with Crippen LogP contribution in [0.25, 0.3) is 0 Å². The van der Waals surface area contributed by atoms with Crippen molar-refractivity contribution in [3.05, 3.63) is 10.1 Å². The summed E-state index contributed by atoms with van der Waals surface area (Å²) in [7, 11) is -1.11. The second kappa shape index (κ2) is 7.77. The molecule has 0 saturated carbocycles. The molecule has 2 unspecified atom stereocenters. The summed E-state index contributed by atoms with van der Waals surface area (Å²) in [6.07, 6.45) is 2.18. The zero-order valence-electron chi connectivity index (χ0n) is 12.5. The van der Waals surface area contributed by atoms with Crippen molar-refractivity contribution >= 4 is 34.5 Å². The third-order valence-corrected chi connectivity index (χ3v) is 4.79. The van der Waals surface area contributed by atoms with Gasteiger partial charge in [-0.05, 0) is 29.6 Å². The number of nitro groups is 1. The molecule has 0 amide bonds. The molecular weight excluding hydrogens is 336 g/mol. The number of hydrogen-bond donors (Lipinski definition) is 0. The van der Waals surface area contributed by atoms with Crippen LogP contribution in [0, 0.1) is 10.1 Å². The minimum Gasteiger partial charge on any atom is -0.391 e. The molecule has 9 nitrogen and oxygen atoms in total. The summed E-state index contributed by atoms with van der Waals surface area (Å²) in [4.78, 5) is 34.1. The quantitative estimate of drug-likeness (QED) is 0.291. The van der Waals surface area contributed by atoms with Crippen molar-refractivity contribution < 1.29 is 28.3 Å². The zero-order valence-corrected chi connectivity index (χ0v) is 14.1. The van der Waals surface area contributed by atoms with Crippen LogP contribution in [0.4, 0.5) is 0 Å². The van der Waals surface area contributed by atoms with Gasteiger partial charge < -0.3 is 9.47 Å². The van der Waals surface area contributed by atoms with Gasteiger partial charge in [0, 0.05) is 42.4 Å². The predicted octanol–water partition coefficient (Wildman–Crippen LogP) is 0.492. The van der Waals surface area contributed by atoms with E-state index in [2.05, 4.69) is 0 Å². The number of nitrogens with zero attached hydrogens (tertiary/aromatic N) is 2. The predicted molar refractivity (Wildman–Crippen MR) is 79.5 cm³/mol. The lowest BCUT2D eigenvalue weighted by Crippen LogP contribution is -2.61. The summed E-state index contributed by atoms with van der Waals surface area (Å²) >= 11 is 0.864. The number of hydrazine groups is 1. The minimum atomic E-state index is -2.13. The maximum atomic E-state index is 11.4. The molecule has 1 fully saturated rings. The van der Waals surface area contributed by atoms with E-state index in [9.17, 15) is 23.9 Å². The molecule has 11 heteroatoms. The van der Waals surface area contributed by atoms with Crippen LogP contribution < -0.4 is 0 Å². The molecule has 1 heterocycles. The van der Waals surface area contributed by atoms with Gasteiger partial charge in [0.25, 0.3) is 0 Å². The summed E-state index contributed by atoms with van der Waals surface area (Å²) in [6, 6.07) is -0.654. The van der Waals surface area contributed by atoms with Crippen LogP contribution in [0.15, 0.2) is 0 Å². The van der Waals surface area contributed by atoms with Gasteiger partial charge in [0.15, 0.2) is 5.03 Å². The fraction of sp³-hybridized carbons (Fsp3) is 0.818. The van der Waals surface area contributed by atoms with Crippen LogP contribution in [-0.4, -0.2) is 55.2 Å². The van der Waals surface area contributed by atoms with Gasteiger partial charge in [-0.3, -0.25) is 13.8 Å². The lowest BCUT2D eigenvalue weighted by Gasteiger charge is -2.41. The lowest BCUT2D eigenvalue weighted by molar-refractivity contribution is -0.702. The number of ether oxygens (including phenoxy) is 2. The van der Waals surface area contributed by atoms with Gasteiger partial charge in [-0.1, -0.05) is 0 Å². The molecule has 0 aromatic heterocycles. The van der Waals surface area contributed by atoms with Crippen LogP contribution in [0.1, 0.15) is 26.7 Å². The number of esters is 2. The molecule has 0 spiro atoms. The van der Waals surface area contributed by atoms with Crippen molar-refractivity contribution in [2.45, 2.75) is 38.0 Å². The molecule has 1 aliphatic heterocycles. The molecule has 0 N–H and O–H groups in total. The molecule has 0 aromatic carbocycles. The highest BCUT2D eigenvalue weighted by Gasteiger charge is 2.57. The lowest BCUT2D eigenvalue weighted by atomic mass is 10.1. The Morgan fingerprint density at radius 3 is 2.36 bits per heavy atom. The van der Waals surface area contributed by atoms with E-state index in [1.165, 1.54) is 6.26 Å². The SMILES string of the molecule is CC(=O)OC1(OC(C)=O)SCCC(CCS(C)=O)N1[N+](=O)[O-]. The summed E-state index contributed by atoms with van der Waals surface area (Å²) < 4.78 is 21.2. The molecule has 1 aliphatic rings. The van der Waals surface area contributed by atoms with E-state index in [0.29, 0.717) is 17.2 Å². The second-order valence-electron chi connectivity index (χ2n) is 4.65. The third-order valence-electron chi connectivity index (χ3n) is 2.82. The molecule has 0 radical (unpaired) electrons. The molecular formula is C11H18N2O7S2. The van der Waals surface area contributed by atoms with E-state index in [1.807, 2.05) is 0 Å². The van der Waals surface area contributed by atoms with E-state index < -0.39 is 39.1 Å². The summed E-state index contributed by atoms with van der Waals surface area (Å²) in [5.74, 6) is -0.956. The van der Waals surface area contributed by atoms with Crippen molar-refractivity contribution in [2.24, 2.45) is 0 Å². The van der Waals surface area contributed by atoms with E-state index in [0.717, 1.165) is 25.6 Å². The first-order chi connectivity index (χ1) is 10.2. The number of thioether (sulfide) groups is 1. The van der Waals surface area contributed by atoms with E-state index in [1.54, 1.807) is 0 Å². The Kier molecular flexibility index (Phi) is 6.60. The summed E-state index contributed by atoms with van der Waals surface area (Å²) in [5.41, 5.74) is 0. The number of carbonyl (C=O) groups excluding carboxylic acids is 2. The topological polar surface area (TPSA) is 116 Å². The van der Waals surface area contributed by atoms with Crippen LogP contribution in [-0.2, 0) is 29.9 Å². The van der Waals surface area contributed by atoms with Gasteiger partial charge >= 0.3 is 17.2 Å². The first-order valence-electron chi connectivity index (χ1n) is 6.44. The van der Waals surface area contributed by atoms with Gasteiger partial charge in [-0.15, -0.1) is 0 Å². The standard InChI is InChI=1S/C11H18N2O7S2/c1-8(14)19-11(20-9(2)15)12(13(16)17)10(4-6-21-11)5-7-22(3)18/h10H,4-7H2,1-3H3. The largest absolute Gasteiger partial charge is 0.448 e. The van der Waals surface area contributed by atoms with Crippen molar-refractivity contribution in [3.63, 3.8) is 0 Å². The van der Waals surface area contributed by atoms with Gasteiger partial charge in [0.05, 0.1) is 0 Å². The Bertz CT molecular complexity index is 469. The van der Waals surface area contributed by atoms with Crippen molar-refractivity contribution in [1.29, 1.82) is 0 Å². The maximum absolute atomic E-state index is 11.4. The molecule has 0 bridgehead atoms. The summed E-state index contributed by atoms with van der Waals surface area (Å²) in [5, 5.41) is 9.21. The van der Waals surface area contributed by atoms with Crippen molar-refractivity contribution in [3.8, 4) is 0 Å². The second-order valence-corrected chi connectivity index (χ2v) is 7.42. The molecule has 126 valence electrons. The Hall–Kier alpha value is -1.36. The molecule has 0 aromatic rings. The Balaban J connectivity index is 3.13. The van der Waals surface area contributed by atoms with Crippen molar-refractivity contribution in [1.82, 2.24) is 5.01 Å². The highest BCUT2D eigenvalue weighted by molar-refractivity contribution is 8.00. The molecule has 1 saturated heterocycles. The van der Waals surface area contributed by atoms with Gasteiger partial charge in [-0.25, -0.2) is 10.1 Å². The summed E-state index contributed by atoms with van der Waals surface area (Å²) in [6.45, 7) is 2.16. The number of carbonyl (C=O) groups is 2. The Morgan fingerprint density at radius 1 is 1.41 bits per heavy atom. The number of rotatable bonds is 6. The van der Waals surface area contributed by atoms with E-state index >= 15 is 0 Å². The van der Waals surface area contributed by atoms with E-state index in [4.69, 9.17) is 9.47 Å². The first-order valence-corrected chi connectivity index (χ1v) is 9.16. The average molecular weight is 354 g/mol. The van der Waals surface area contributed by atoms with Crippen LogP contribution in [0.2, 0.25) is 0 Å². The molecule has 1 rings (SSSR count). The van der Waals surface area contributed by atoms with Crippen LogP contribution >= 0.6 is 11.8 Å². The van der Waals surface area contributed by atoms with Gasteiger partial charge in [-0.2, -0.15) is 0 Å². The van der Waals surface area contributed by atoms with Gasteiger partial charge in [0.1, 0.15) is 6.04 Å². The van der Waals surface area contributed by atoms with E-state index in [-0.39, 0.29) is 12.2 Å². The normalized spacial score (nSPS) is 21.8. The fourth-order valence-electron chi connectivity index (χ4n) is 2.07. The average Bonchev–Trinajstić information content (AvgIpc) is 2.33. The highest BCUT2D eigenvalue weighted by atomic mass is 32.2. The molecule has 22 heavy (non-hydrogen) atoms. The fourth-order valence-corrected chi connectivity index (χ4v) is 4.03. The van der Waals surface area contributed by atoms with Crippen LogP contribution in [0.3, 0.4) is 0 Å². The zero-order chi connectivity index (χ0) is 16.9. The first kappa shape index (κ1) is 18.7. The van der Waals surface area contributed by atoms with Gasteiger partial charge in [0.2, 0.25) is 0 Å². The Labute approximate surface area is 134 Å². The van der Waals surface area contributed by atoms with Crippen LogP contribution in [0.5, 0.6) is 0 Å². The Morgan fingerprint density at radius 2 is 1.95 bits per heavy atom. The smallest absolute Gasteiger partial charge is 0.391 e. The minimum absolute atomic E-state index is 0.259. The third kappa shape index (κ3) is 4.83. The maximum Gasteiger partial charge on any atom is 0.448 e.